The molecule has 0 spiro atoms. The van der Waals surface area contributed by atoms with E-state index in [-0.39, 0.29) is 0 Å². The molecule has 0 unspecified atom stereocenters. The molecule has 2 N–H and O–H groups in total. The van der Waals surface area contributed by atoms with Gasteiger partial charge < -0.3 is 10.6 Å². The number of anilines is 1. The fourth-order valence-electron chi connectivity index (χ4n) is 2.05. The van der Waals surface area contributed by atoms with Crippen LogP contribution in [0.2, 0.25) is 0 Å². The monoisotopic (exact) mass is 240 g/mol. The summed E-state index contributed by atoms with van der Waals surface area (Å²) in [5, 5.41) is 0. The van der Waals surface area contributed by atoms with Gasteiger partial charge in [-0.3, -0.25) is 0 Å². The Morgan fingerprint density at radius 1 is 1.00 bits per heavy atom. The van der Waals surface area contributed by atoms with Gasteiger partial charge in [-0.25, -0.2) is 0 Å². The van der Waals surface area contributed by atoms with Crippen LogP contribution in [0.4, 0.5) is 5.69 Å². The fourth-order valence-corrected chi connectivity index (χ4v) is 2.05. The SMILES string of the molecule is Cc1ccc(CN)cc1-c1ccc(N(C)C)cc1. The lowest BCUT2D eigenvalue weighted by atomic mass is 9.98. The fraction of sp³-hybridized carbons (Fsp3) is 0.250. The predicted molar refractivity (Wildman–Crippen MR) is 78.8 cm³/mol. The van der Waals surface area contributed by atoms with Crippen LogP contribution in [0.3, 0.4) is 0 Å². The number of hydrogen-bond acceptors (Lipinski definition) is 2. The molecule has 0 heterocycles. The summed E-state index contributed by atoms with van der Waals surface area (Å²) in [6.45, 7) is 2.72. The van der Waals surface area contributed by atoms with Crippen molar-refractivity contribution in [2.45, 2.75) is 13.5 Å². The van der Waals surface area contributed by atoms with Gasteiger partial charge in [0, 0.05) is 26.3 Å². The van der Waals surface area contributed by atoms with Crippen molar-refractivity contribution in [3.63, 3.8) is 0 Å². The average Bonchev–Trinajstić information content (AvgIpc) is 2.39. The van der Waals surface area contributed by atoms with E-state index in [1.165, 1.54) is 27.9 Å². The molecule has 0 fully saturated rings. The molecule has 0 atom stereocenters. The molecule has 0 aliphatic rings. The van der Waals surface area contributed by atoms with Crippen LogP contribution in [0.5, 0.6) is 0 Å². The Bertz CT molecular complexity index is 527. The number of hydrogen-bond donors (Lipinski definition) is 1. The van der Waals surface area contributed by atoms with Crippen molar-refractivity contribution >= 4 is 5.69 Å². The van der Waals surface area contributed by atoms with E-state index in [0.29, 0.717) is 6.54 Å². The van der Waals surface area contributed by atoms with E-state index in [1.54, 1.807) is 0 Å². The molecule has 2 aromatic carbocycles. The van der Waals surface area contributed by atoms with Crippen molar-refractivity contribution in [2.24, 2.45) is 5.73 Å². The molecule has 0 saturated carbocycles. The molecule has 0 amide bonds. The van der Waals surface area contributed by atoms with E-state index < -0.39 is 0 Å². The van der Waals surface area contributed by atoms with Gasteiger partial charge in [-0.15, -0.1) is 0 Å². The van der Waals surface area contributed by atoms with Crippen LogP contribution in [0.1, 0.15) is 11.1 Å². The van der Waals surface area contributed by atoms with Gasteiger partial charge in [0.1, 0.15) is 0 Å². The van der Waals surface area contributed by atoms with E-state index in [4.69, 9.17) is 5.73 Å². The molecule has 94 valence electrons. The first kappa shape index (κ1) is 12.7. The summed E-state index contributed by atoms with van der Waals surface area (Å²) in [7, 11) is 4.10. The van der Waals surface area contributed by atoms with E-state index in [2.05, 4.69) is 68.4 Å². The summed E-state index contributed by atoms with van der Waals surface area (Å²) in [6, 6.07) is 15.0. The topological polar surface area (TPSA) is 29.3 Å². The molecular formula is C16H20N2. The molecule has 2 heteroatoms. The van der Waals surface area contributed by atoms with Gasteiger partial charge in [0.05, 0.1) is 0 Å². The zero-order valence-electron chi connectivity index (χ0n) is 11.3. The van der Waals surface area contributed by atoms with Crippen LogP contribution in [0.25, 0.3) is 11.1 Å². The van der Waals surface area contributed by atoms with E-state index in [9.17, 15) is 0 Å². The number of benzene rings is 2. The molecule has 0 aromatic heterocycles. The first-order valence-corrected chi connectivity index (χ1v) is 6.19. The second-order valence-electron chi connectivity index (χ2n) is 4.79. The summed E-state index contributed by atoms with van der Waals surface area (Å²) in [6.07, 6.45) is 0. The standard InChI is InChI=1S/C16H20N2/c1-12-4-5-13(11-17)10-16(12)14-6-8-15(9-7-14)18(2)3/h4-10H,11,17H2,1-3H3. The molecule has 2 nitrogen and oxygen atoms in total. The first-order valence-electron chi connectivity index (χ1n) is 6.19. The summed E-state index contributed by atoms with van der Waals surface area (Å²) < 4.78 is 0. The van der Waals surface area contributed by atoms with Gasteiger partial charge in [0.25, 0.3) is 0 Å². The zero-order valence-corrected chi connectivity index (χ0v) is 11.3. The number of aryl methyl sites for hydroxylation is 1. The summed E-state index contributed by atoms with van der Waals surface area (Å²) >= 11 is 0. The number of nitrogens with zero attached hydrogens (tertiary/aromatic N) is 1. The average molecular weight is 240 g/mol. The third kappa shape index (κ3) is 2.54. The van der Waals surface area contributed by atoms with Crippen molar-refractivity contribution in [1.82, 2.24) is 0 Å². The second kappa shape index (κ2) is 5.23. The van der Waals surface area contributed by atoms with Crippen LogP contribution < -0.4 is 10.6 Å². The normalized spacial score (nSPS) is 10.4. The van der Waals surface area contributed by atoms with Crippen molar-refractivity contribution < 1.29 is 0 Å². The Morgan fingerprint density at radius 3 is 2.22 bits per heavy atom. The minimum atomic E-state index is 0.586. The van der Waals surface area contributed by atoms with Crippen LogP contribution in [0.15, 0.2) is 42.5 Å². The van der Waals surface area contributed by atoms with Gasteiger partial charge in [-0.2, -0.15) is 0 Å². The minimum Gasteiger partial charge on any atom is -0.378 e. The Kier molecular flexibility index (Phi) is 3.68. The van der Waals surface area contributed by atoms with E-state index >= 15 is 0 Å². The highest BCUT2D eigenvalue weighted by Crippen LogP contribution is 2.26. The van der Waals surface area contributed by atoms with Gasteiger partial charge in [-0.05, 0) is 47.4 Å². The second-order valence-corrected chi connectivity index (χ2v) is 4.79. The highest BCUT2D eigenvalue weighted by Gasteiger charge is 2.03. The zero-order chi connectivity index (χ0) is 13.1. The van der Waals surface area contributed by atoms with Crippen LogP contribution in [0, 0.1) is 6.92 Å². The smallest absolute Gasteiger partial charge is 0.0361 e. The van der Waals surface area contributed by atoms with Gasteiger partial charge in [-0.1, -0.05) is 24.3 Å². The quantitative estimate of drug-likeness (QED) is 0.892. The maximum absolute atomic E-state index is 5.70. The van der Waals surface area contributed by atoms with Crippen molar-refractivity contribution in [3.8, 4) is 11.1 Å². The van der Waals surface area contributed by atoms with Crippen LogP contribution in [-0.2, 0) is 6.54 Å². The van der Waals surface area contributed by atoms with Gasteiger partial charge in [0.15, 0.2) is 0 Å². The van der Waals surface area contributed by atoms with E-state index in [0.717, 1.165) is 0 Å². The molecule has 18 heavy (non-hydrogen) atoms. The minimum absolute atomic E-state index is 0.586. The summed E-state index contributed by atoms with van der Waals surface area (Å²) in [5.74, 6) is 0. The Labute approximate surface area is 109 Å². The number of rotatable bonds is 3. The number of nitrogens with two attached hydrogens (primary N) is 1. The molecule has 2 aromatic rings. The molecule has 0 radical (unpaired) electrons. The Hall–Kier alpha value is -1.80. The molecule has 0 saturated heterocycles. The molecule has 2 rings (SSSR count). The predicted octanol–water partition coefficient (Wildman–Crippen LogP) is 3.19. The van der Waals surface area contributed by atoms with Crippen LogP contribution in [-0.4, -0.2) is 14.1 Å². The first-order chi connectivity index (χ1) is 8.61. The van der Waals surface area contributed by atoms with E-state index in [1.807, 2.05) is 0 Å². The molecule has 0 bridgehead atoms. The van der Waals surface area contributed by atoms with Gasteiger partial charge >= 0.3 is 0 Å². The third-order valence-electron chi connectivity index (χ3n) is 3.23. The Balaban J connectivity index is 2.41. The van der Waals surface area contributed by atoms with Crippen molar-refractivity contribution in [1.29, 1.82) is 0 Å². The molecular weight excluding hydrogens is 220 g/mol. The summed E-state index contributed by atoms with van der Waals surface area (Å²) in [4.78, 5) is 2.10. The largest absolute Gasteiger partial charge is 0.378 e. The lowest BCUT2D eigenvalue weighted by molar-refractivity contribution is 1.07. The summed E-state index contributed by atoms with van der Waals surface area (Å²) in [5.41, 5.74) is 11.9. The van der Waals surface area contributed by atoms with Crippen LogP contribution >= 0.6 is 0 Å². The highest BCUT2D eigenvalue weighted by atomic mass is 15.1. The van der Waals surface area contributed by atoms with Crippen molar-refractivity contribution in [2.75, 3.05) is 19.0 Å². The lowest BCUT2D eigenvalue weighted by Gasteiger charge is -2.14. The lowest BCUT2D eigenvalue weighted by Crippen LogP contribution is -2.07. The maximum Gasteiger partial charge on any atom is 0.0361 e. The third-order valence-corrected chi connectivity index (χ3v) is 3.23. The molecule has 0 aliphatic carbocycles. The van der Waals surface area contributed by atoms with Crippen molar-refractivity contribution in [3.05, 3.63) is 53.6 Å². The van der Waals surface area contributed by atoms with Gasteiger partial charge in [0.2, 0.25) is 0 Å². The maximum atomic E-state index is 5.70. The Morgan fingerprint density at radius 2 is 1.67 bits per heavy atom. The highest BCUT2D eigenvalue weighted by molar-refractivity contribution is 5.70. The molecule has 0 aliphatic heterocycles.